The maximum Gasteiger partial charge on any atom is 0.162 e. The summed E-state index contributed by atoms with van der Waals surface area (Å²) in [6.45, 7) is 6.24. The summed E-state index contributed by atoms with van der Waals surface area (Å²) in [5.41, 5.74) is 5.25. The number of hydrogen-bond donors (Lipinski definition) is 1. The largest absolute Gasteiger partial charge is 0.343 e. The lowest BCUT2D eigenvalue weighted by molar-refractivity contribution is -0.118. The highest BCUT2D eigenvalue weighted by atomic mass is 35.5. The van der Waals surface area contributed by atoms with E-state index in [1.54, 1.807) is 6.07 Å². The van der Waals surface area contributed by atoms with Crippen molar-refractivity contribution in [3.05, 3.63) is 86.7 Å². The molecule has 1 atom stereocenters. The number of rotatable bonds is 2. The van der Waals surface area contributed by atoms with Crippen LogP contribution in [0.25, 0.3) is 5.69 Å². The van der Waals surface area contributed by atoms with Crippen LogP contribution in [0.1, 0.15) is 49.4 Å². The van der Waals surface area contributed by atoms with Crippen molar-refractivity contribution in [2.45, 2.75) is 39.5 Å². The Kier molecular flexibility index (Phi) is 4.76. The van der Waals surface area contributed by atoms with Crippen molar-refractivity contribution in [1.29, 1.82) is 0 Å². The lowest BCUT2D eigenvalue weighted by Gasteiger charge is -2.39. The number of aromatic nitrogens is 2. The molecule has 1 aromatic heterocycles. The minimum absolute atomic E-state index is 0.115. The molecule has 0 spiro atoms. The normalized spacial score (nSPS) is 19.6. The monoisotopic (exact) mass is 451 g/mol. The highest BCUT2D eigenvalue weighted by Crippen LogP contribution is 2.51. The highest BCUT2D eigenvalue weighted by Gasteiger charge is 2.43. The predicted molar refractivity (Wildman–Crippen MR) is 125 cm³/mol. The Bertz CT molecular complexity index is 1240. The second kappa shape index (κ2) is 7.25. The van der Waals surface area contributed by atoms with Crippen LogP contribution in [0.15, 0.2) is 59.8 Å². The van der Waals surface area contributed by atoms with Crippen LogP contribution < -0.4 is 5.32 Å². The molecule has 0 fully saturated rings. The Balaban J connectivity index is 1.80. The Morgan fingerprint density at radius 2 is 1.81 bits per heavy atom. The molecule has 0 saturated carbocycles. The molecule has 158 valence electrons. The zero-order valence-corrected chi connectivity index (χ0v) is 19.2. The maximum atomic E-state index is 13.4. The van der Waals surface area contributed by atoms with E-state index in [9.17, 15) is 4.79 Å². The Morgan fingerprint density at radius 1 is 1.06 bits per heavy atom. The molecule has 0 unspecified atom stereocenters. The van der Waals surface area contributed by atoms with Crippen molar-refractivity contribution in [3.63, 3.8) is 0 Å². The van der Waals surface area contributed by atoms with E-state index in [0.717, 1.165) is 46.0 Å². The van der Waals surface area contributed by atoms with Crippen LogP contribution in [0, 0.1) is 12.3 Å². The molecule has 0 saturated heterocycles. The number of carbonyl (C=O) groups excluding carboxylic acids is 1. The standard InChI is InChI=1S/C25H23Cl2N3O/c1-14-20-21(16-10-7-11-17(26)23(16)27)22-18(12-25(2,3)13-19(22)31)28-24(20)30(29-14)15-8-5-4-6-9-15/h4-11,21,28H,12-13H2,1-3H3/t21-/m0/s1. The van der Waals surface area contributed by atoms with Gasteiger partial charge in [0.05, 0.1) is 21.4 Å². The third kappa shape index (κ3) is 3.29. The van der Waals surface area contributed by atoms with Gasteiger partial charge in [-0.05, 0) is 42.5 Å². The smallest absolute Gasteiger partial charge is 0.162 e. The zero-order chi connectivity index (χ0) is 21.9. The number of carbonyl (C=O) groups is 1. The quantitative estimate of drug-likeness (QED) is 0.471. The van der Waals surface area contributed by atoms with E-state index in [2.05, 4.69) is 19.2 Å². The summed E-state index contributed by atoms with van der Waals surface area (Å²) >= 11 is 13.1. The number of aryl methyl sites for hydroxylation is 1. The van der Waals surface area contributed by atoms with Gasteiger partial charge in [-0.25, -0.2) is 4.68 Å². The van der Waals surface area contributed by atoms with Crippen LogP contribution >= 0.6 is 23.2 Å². The number of para-hydroxylation sites is 1. The highest BCUT2D eigenvalue weighted by molar-refractivity contribution is 6.42. The summed E-state index contributed by atoms with van der Waals surface area (Å²) in [7, 11) is 0. The first-order valence-electron chi connectivity index (χ1n) is 10.4. The van der Waals surface area contributed by atoms with Gasteiger partial charge < -0.3 is 5.32 Å². The average molecular weight is 452 g/mol. The molecule has 2 aromatic carbocycles. The number of benzene rings is 2. The summed E-state index contributed by atoms with van der Waals surface area (Å²) in [5, 5.41) is 9.41. The van der Waals surface area contributed by atoms with Crippen LogP contribution in [0.5, 0.6) is 0 Å². The molecule has 2 heterocycles. The maximum absolute atomic E-state index is 13.4. The van der Waals surface area contributed by atoms with Crippen molar-refractivity contribution in [3.8, 4) is 5.69 Å². The number of hydrogen-bond acceptors (Lipinski definition) is 3. The lowest BCUT2D eigenvalue weighted by atomic mass is 9.69. The Labute approximate surface area is 191 Å². The van der Waals surface area contributed by atoms with Gasteiger partial charge in [-0.15, -0.1) is 0 Å². The molecule has 6 heteroatoms. The molecule has 5 rings (SSSR count). The topological polar surface area (TPSA) is 46.9 Å². The molecule has 0 radical (unpaired) electrons. The van der Waals surface area contributed by atoms with Crippen molar-refractivity contribution < 1.29 is 4.79 Å². The third-order valence-electron chi connectivity index (χ3n) is 6.17. The summed E-state index contributed by atoms with van der Waals surface area (Å²) in [6.07, 6.45) is 1.28. The average Bonchev–Trinajstić information content (AvgIpc) is 3.05. The van der Waals surface area contributed by atoms with Gasteiger partial charge >= 0.3 is 0 Å². The number of ketones is 1. The number of halogens is 2. The van der Waals surface area contributed by atoms with Gasteiger partial charge in [0, 0.05) is 29.2 Å². The number of nitrogens with one attached hydrogen (secondary N) is 1. The van der Waals surface area contributed by atoms with E-state index in [-0.39, 0.29) is 17.1 Å². The zero-order valence-electron chi connectivity index (χ0n) is 17.7. The number of anilines is 1. The number of allylic oxidation sites excluding steroid dienone is 2. The first kappa shape index (κ1) is 20.3. The van der Waals surface area contributed by atoms with Gasteiger partial charge in [0.1, 0.15) is 5.82 Å². The van der Waals surface area contributed by atoms with Gasteiger partial charge in [-0.2, -0.15) is 5.10 Å². The van der Waals surface area contributed by atoms with E-state index in [0.29, 0.717) is 16.5 Å². The van der Waals surface area contributed by atoms with Gasteiger partial charge in [0.2, 0.25) is 0 Å². The lowest BCUT2D eigenvalue weighted by Crippen LogP contribution is -2.34. The molecule has 1 aliphatic heterocycles. The number of nitrogens with zero attached hydrogens (tertiary/aromatic N) is 2. The van der Waals surface area contributed by atoms with Crippen molar-refractivity contribution in [1.82, 2.24) is 9.78 Å². The molecule has 0 amide bonds. The fourth-order valence-corrected chi connectivity index (χ4v) is 5.30. The summed E-state index contributed by atoms with van der Waals surface area (Å²) in [6, 6.07) is 15.6. The summed E-state index contributed by atoms with van der Waals surface area (Å²) in [4.78, 5) is 13.4. The fraction of sp³-hybridized carbons (Fsp3) is 0.280. The van der Waals surface area contributed by atoms with E-state index < -0.39 is 0 Å². The molecule has 1 aliphatic carbocycles. The molecule has 2 aliphatic rings. The second-order valence-electron chi connectivity index (χ2n) is 9.13. The van der Waals surface area contributed by atoms with E-state index in [4.69, 9.17) is 28.3 Å². The minimum atomic E-state index is -0.307. The van der Waals surface area contributed by atoms with Crippen LogP contribution in [-0.2, 0) is 4.79 Å². The van der Waals surface area contributed by atoms with Gasteiger partial charge in [-0.3, -0.25) is 4.79 Å². The van der Waals surface area contributed by atoms with Crippen LogP contribution in [0.4, 0.5) is 5.82 Å². The van der Waals surface area contributed by atoms with Crippen molar-refractivity contribution >= 4 is 34.8 Å². The SMILES string of the molecule is Cc1nn(-c2ccccc2)c2c1[C@H](c1cccc(Cl)c1Cl)C1=C(CC(C)(C)CC1=O)N2. The molecular formula is C25H23Cl2N3O. The van der Waals surface area contributed by atoms with Crippen LogP contribution in [-0.4, -0.2) is 15.6 Å². The van der Waals surface area contributed by atoms with Crippen molar-refractivity contribution in [2.24, 2.45) is 5.41 Å². The molecule has 4 nitrogen and oxygen atoms in total. The van der Waals surface area contributed by atoms with E-state index in [1.807, 2.05) is 54.1 Å². The van der Waals surface area contributed by atoms with E-state index >= 15 is 0 Å². The second-order valence-corrected chi connectivity index (χ2v) is 9.91. The van der Waals surface area contributed by atoms with Crippen molar-refractivity contribution in [2.75, 3.05) is 5.32 Å². The number of Topliss-reactive ketones (excluding diaryl/α,β-unsaturated/α-hetero) is 1. The molecule has 1 N–H and O–H groups in total. The number of fused-ring (bicyclic) bond motifs is 1. The fourth-order valence-electron chi connectivity index (χ4n) is 4.88. The minimum Gasteiger partial charge on any atom is -0.343 e. The molecule has 3 aromatic rings. The van der Waals surface area contributed by atoms with Crippen LogP contribution in [0.2, 0.25) is 10.0 Å². The molecular weight excluding hydrogens is 429 g/mol. The van der Waals surface area contributed by atoms with Gasteiger partial charge in [0.25, 0.3) is 0 Å². The van der Waals surface area contributed by atoms with Gasteiger partial charge in [0.15, 0.2) is 5.78 Å². The first-order valence-corrected chi connectivity index (χ1v) is 11.1. The predicted octanol–water partition coefficient (Wildman–Crippen LogP) is 6.69. The summed E-state index contributed by atoms with van der Waals surface area (Å²) in [5.74, 6) is 0.727. The van der Waals surface area contributed by atoms with E-state index in [1.165, 1.54) is 0 Å². The summed E-state index contributed by atoms with van der Waals surface area (Å²) < 4.78 is 1.92. The molecule has 31 heavy (non-hydrogen) atoms. The Morgan fingerprint density at radius 3 is 2.55 bits per heavy atom. The first-order chi connectivity index (χ1) is 14.8. The molecule has 0 bridgehead atoms. The van der Waals surface area contributed by atoms with Gasteiger partial charge in [-0.1, -0.05) is 67.4 Å². The third-order valence-corrected chi connectivity index (χ3v) is 7.00. The Hall–Kier alpha value is -2.56. The van der Waals surface area contributed by atoms with Crippen LogP contribution in [0.3, 0.4) is 0 Å².